The van der Waals surface area contributed by atoms with Gasteiger partial charge in [-0.1, -0.05) is 30.3 Å². The van der Waals surface area contributed by atoms with Crippen LogP contribution in [-0.4, -0.2) is 23.3 Å². The van der Waals surface area contributed by atoms with Gasteiger partial charge in [0.1, 0.15) is 5.75 Å². The van der Waals surface area contributed by atoms with Crippen LogP contribution in [0.2, 0.25) is 0 Å². The molecule has 118 valence electrons. The van der Waals surface area contributed by atoms with Crippen molar-refractivity contribution in [1.29, 1.82) is 0 Å². The molecule has 3 aromatic rings. The number of carboxylic acid groups (broad SMARTS) is 1. The van der Waals surface area contributed by atoms with Crippen molar-refractivity contribution >= 4 is 17.0 Å². The quantitative estimate of drug-likeness (QED) is 0.672. The largest absolute Gasteiger partial charge is 0.497 e. The summed E-state index contributed by atoms with van der Waals surface area (Å²) in [4.78, 5) is 14.4. The number of amides is 1. The van der Waals surface area contributed by atoms with Crippen LogP contribution in [0.3, 0.4) is 0 Å². The number of aromatic nitrogens is 1. The first-order valence-corrected chi connectivity index (χ1v) is 7.36. The first-order valence-electron chi connectivity index (χ1n) is 7.36. The van der Waals surface area contributed by atoms with Crippen molar-refractivity contribution in [3.63, 3.8) is 0 Å². The number of benzene rings is 2. The van der Waals surface area contributed by atoms with Crippen LogP contribution in [-0.2, 0) is 6.42 Å². The Morgan fingerprint density at radius 3 is 2.65 bits per heavy atom. The van der Waals surface area contributed by atoms with E-state index in [4.69, 9.17) is 9.84 Å². The molecule has 0 radical (unpaired) electrons. The van der Waals surface area contributed by atoms with Gasteiger partial charge in [-0.3, -0.25) is 0 Å². The molecule has 0 aliphatic carbocycles. The van der Waals surface area contributed by atoms with Crippen molar-refractivity contribution in [3.05, 3.63) is 65.9 Å². The Bertz CT molecular complexity index is 809. The van der Waals surface area contributed by atoms with E-state index in [0.717, 1.165) is 27.8 Å². The smallest absolute Gasteiger partial charge is 0.405 e. The monoisotopic (exact) mass is 310 g/mol. The van der Waals surface area contributed by atoms with Crippen LogP contribution >= 0.6 is 0 Å². The minimum Gasteiger partial charge on any atom is -0.497 e. The maximum atomic E-state index is 11.2. The van der Waals surface area contributed by atoms with E-state index in [9.17, 15) is 4.79 Å². The fourth-order valence-electron chi connectivity index (χ4n) is 2.76. The van der Waals surface area contributed by atoms with Crippen LogP contribution in [0.25, 0.3) is 10.9 Å². The van der Waals surface area contributed by atoms with E-state index in [1.807, 2.05) is 54.7 Å². The third kappa shape index (κ3) is 3.29. The van der Waals surface area contributed by atoms with Gasteiger partial charge in [0.2, 0.25) is 0 Å². The zero-order chi connectivity index (χ0) is 16.2. The lowest BCUT2D eigenvalue weighted by Gasteiger charge is -2.17. The van der Waals surface area contributed by atoms with Crippen molar-refractivity contribution in [1.82, 2.24) is 10.3 Å². The second-order valence-electron chi connectivity index (χ2n) is 5.34. The Balaban J connectivity index is 1.90. The number of ether oxygens (including phenoxy) is 1. The molecule has 3 rings (SSSR count). The standard InChI is InChI=1S/C18H18N2O3/c1-23-14-8-6-12(7-9-14)17(20-18(21)22)10-13-11-19-16-5-3-2-4-15(13)16/h2-9,11,17,19-20H,10H2,1H3,(H,21,22). The maximum absolute atomic E-state index is 11.2. The summed E-state index contributed by atoms with van der Waals surface area (Å²) in [6.07, 6.45) is 1.47. The van der Waals surface area contributed by atoms with E-state index in [-0.39, 0.29) is 6.04 Å². The fraction of sp³-hybridized carbons (Fsp3) is 0.167. The zero-order valence-corrected chi connectivity index (χ0v) is 12.7. The molecule has 0 fully saturated rings. The van der Waals surface area contributed by atoms with Crippen molar-refractivity contribution in [2.75, 3.05) is 7.11 Å². The van der Waals surface area contributed by atoms with E-state index in [0.29, 0.717) is 6.42 Å². The molecule has 2 aromatic carbocycles. The van der Waals surface area contributed by atoms with E-state index in [1.165, 1.54) is 0 Å². The third-order valence-electron chi connectivity index (χ3n) is 3.91. The summed E-state index contributed by atoms with van der Waals surface area (Å²) >= 11 is 0. The highest BCUT2D eigenvalue weighted by molar-refractivity contribution is 5.83. The number of para-hydroxylation sites is 1. The molecule has 3 N–H and O–H groups in total. The lowest BCUT2D eigenvalue weighted by Crippen LogP contribution is -2.28. The topological polar surface area (TPSA) is 74.3 Å². The van der Waals surface area contributed by atoms with Crippen molar-refractivity contribution < 1.29 is 14.6 Å². The SMILES string of the molecule is COc1ccc(C(Cc2c[nH]c3ccccc23)NC(=O)O)cc1. The van der Waals surface area contributed by atoms with Gasteiger partial charge in [0.05, 0.1) is 13.2 Å². The lowest BCUT2D eigenvalue weighted by atomic mass is 9.98. The molecule has 5 heteroatoms. The Morgan fingerprint density at radius 2 is 1.96 bits per heavy atom. The predicted octanol–water partition coefficient (Wildman–Crippen LogP) is 3.73. The highest BCUT2D eigenvalue weighted by atomic mass is 16.5. The normalized spacial score (nSPS) is 12.0. The van der Waals surface area contributed by atoms with Gasteiger partial charge in [-0.05, 0) is 35.7 Å². The molecule has 1 aromatic heterocycles. The van der Waals surface area contributed by atoms with Crippen LogP contribution in [0, 0.1) is 0 Å². The summed E-state index contributed by atoms with van der Waals surface area (Å²) in [5, 5.41) is 12.9. The molecule has 1 unspecified atom stereocenters. The average Bonchev–Trinajstić information content (AvgIpc) is 2.97. The average molecular weight is 310 g/mol. The van der Waals surface area contributed by atoms with E-state index in [2.05, 4.69) is 10.3 Å². The zero-order valence-electron chi connectivity index (χ0n) is 12.7. The van der Waals surface area contributed by atoms with E-state index in [1.54, 1.807) is 7.11 Å². The first kappa shape index (κ1) is 15.0. The van der Waals surface area contributed by atoms with E-state index < -0.39 is 6.09 Å². The fourth-order valence-corrected chi connectivity index (χ4v) is 2.76. The summed E-state index contributed by atoms with van der Waals surface area (Å²) in [5.41, 5.74) is 3.03. The molecule has 1 amide bonds. The summed E-state index contributed by atoms with van der Waals surface area (Å²) in [7, 11) is 1.61. The highest BCUT2D eigenvalue weighted by Gasteiger charge is 2.17. The van der Waals surface area contributed by atoms with Crippen LogP contribution < -0.4 is 10.1 Å². The number of hydrogen-bond donors (Lipinski definition) is 3. The number of rotatable bonds is 5. The molecule has 1 heterocycles. The van der Waals surface area contributed by atoms with Gasteiger partial charge in [0.15, 0.2) is 0 Å². The van der Waals surface area contributed by atoms with Crippen molar-refractivity contribution in [2.24, 2.45) is 0 Å². The Kier molecular flexibility index (Phi) is 4.19. The van der Waals surface area contributed by atoms with E-state index >= 15 is 0 Å². The Hall–Kier alpha value is -2.95. The molecule has 0 aliphatic rings. The minimum absolute atomic E-state index is 0.322. The predicted molar refractivity (Wildman–Crippen MR) is 88.9 cm³/mol. The minimum atomic E-state index is -1.04. The number of hydrogen-bond acceptors (Lipinski definition) is 2. The van der Waals surface area contributed by atoms with Gasteiger partial charge in [-0.2, -0.15) is 0 Å². The summed E-state index contributed by atoms with van der Waals surface area (Å²) in [6.45, 7) is 0. The molecular formula is C18H18N2O3. The molecule has 0 spiro atoms. The second-order valence-corrected chi connectivity index (χ2v) is 5.34. The van der Waals surface area contributed by atoms with Gasteiger partial charge in [0, 0.05) is 17.1 Å². The maximum Gasteiger partial charge on any atom is 0.405 e. The van der Waals surface area contributed by atoms with Crippen molar-refractivity contribution in [2.45, 2.75) is 12.5 Å². The number of nitrogens with one attached hydrogen (secondary N) is 2. The third-order valence-corrected chi connectivity index (χ3v) is 3.91. The first-order chi connectivity index (χ1) is 11.2. The van der Waals surface area contributed by atoms with Gasteiger partial charge in [-0.25, -0.2) is 4.79 Å². The number of carbonyl (C=O) groups is 1. The number of methoxy groups -OCH3 is 1. The highest BCUT2D eigenvalue weighted by Crippen LogP contribution is 2.25. The Labute approximate surface area is 133 Å². The van der Waals surface area contributed by atoms with Crippen LogP contribution in [0.1, 0.15) is 17.2 Å². The molecule has 0 bridgehead atoms. The number of aromatic amines is 1. The number of fused-ring (bicyclic) bond motifs is 1. The molecule has 0 saturated heterocycles. The van der Waals surface area contributed by atoms with Gasteiger partial charge < -0.3 is 20.1 Å². The summed E-state index contributed by atoms with van der Waals surface area (Å²) in [6, 6.07) is 15.1. The van der Waals surface area contributed by atoms with Crippen LogP contribution in [0.15, 0.2) is 54.7 Å². The lowest BCUT2D eigenvalue weighted by molar-refractivity contribution is 0.190. The summed E-state index contributed by atoms with van der Waals surface area (Å²) < 4.78 is 5.15. The second kappa shape index (κ2) is 6.44. The van der Waals surface area contributed by atoms with Gasteiger partial charge >= 0.3 is 6.09 Å². The number of H-pyrrole nitrogens is 1. The van der Waals surface area contributed by atoms with Gasteiger partial charge in [0.25, 0.3) is 0 Å². The van der Waals surface area contributed by atoms with Crippen LogP contribution in [0.4, 0.5) is 4.79 Å². The molecule has 1 atom stereocenters. The molecule has 0 saturated carbocycles. The van der Waals surface area contributed by atoms with Crippen LogP contribution in [0.5, 0.6) is 5.75 Å². The molecule has 5 nitrogen and oxygen atoms in total. The van der Waals surface area contributed by atoms with Crippen molar-refractivity contribution in [3.8, 4) is 5.75 Å². The molecule has 0 aliphatic heterocycles. The molecule has 23 heavy (non-hydrogen) atoms. The summed E-state index contributed by atoms with van der Waals surface area (Å²) in [5.74, 6) is 0.745. The Morgan fingerprint density at radius 1 is 1.22 bits per heavy atom. The molecular weight excluding hydrogens is 292 g/mol. The van der Waals surface area contributed by atoms with Gasteiger partial charge in [-0.15, -0.1) is 0 Å².